The average Bonchev–Trinajstić information content (AvgIpc) is 3.68. The largest absolute Gasteiger partial charge is 0.512 e. The summed E-state index contributed by atoms with van der Waals surface area (Å²) in [7, 11) is 1.39. The number of nitrogens with zero attached hydrogens (tertiary/aromatic N) is 5. The zero-order valence-corrected chi connectivity index (χ0v) is 31.0. The van der Waals surface area contributed by atoms with Crippen LogP contribution in [0.2, 0.25) is 0 Å². The molecule has 4 rings (SSSR count). The fourth-order valence-corrected chi connectivity index (χ4v) is 6.67. The van der Waals surface area contributed by atoms with Crippen molar-refractivity contribution >= 4 is 41.8 Å². The summed E-state index contributed by atoms with van der Waals surface area (Å²) in [6.45, 7) is 0.625. The summed E-state index contributed by atoms with van der Waals surface area (Å²) < 4.78 is 72.7. The molecule has 0 radical (unpaired) electrons. The highest BCUT2D eigenvalue weighted by Gasteiger charge is 2.47. The number of aliphatic carboxylic acids is 1. The Bertz CT molecular complexity index is 1940. The molecule has 0 aliphatic carbocycles. The van der Waals surface area contributed by atoms with Crippen molar-refractivity contribution in [2.24, 2.45) is 0 Å². The number of esters is 1. The lowest BCUT2D eigenvalue weighted by Gasteiger charge is -2.40. The van der Waals surface area contributed by atoms with Gasteiger partial charge in [0.1, 0.15) is 30.1 Å². The first kappa shape index (κ1) is 43.0. The Balaban J connectivity index is 1.41. The van der Waals surface area contributed by atoms with Crippen molar-refractivity contribution in [1.82, 2.24) is 19.7 Å². The quantitative estimate of drug-likeness (QED) is 0.103. The fourth-order valence-electron chi connectivity index (χ4n) is 5.31. The van der Waals surface area contributed by atoms with Gasteiger partial charge in [0, 0.05) is 42.5 Å². The maximum absolute atomic E-state index is 15.6. The first-order valence-electron chi connectivity index (χ1n) is 17.0. The SMILES string of the molecule is CC(SC1COC(C=CC=Cc2ccc(C#N)cc2F)OC1)C(Cn1cncn1)(OC(=O)OCOC(=O)CCC(=O)N(C)CCC(=O)O)c1ccc(F)cc1F. The molecule has 1 aromatic heterocycles. The van der Waals surface area contributed by atoms with Crippen molar-refractivity contribution in [3.8, 4) is 6.07 Å². The number of carboxylic acids is 1. The van der Waals surface area contributed by atoms with Crippen LogP contribution in [0.5, 0.6) is 0 Å². The summed E-state index contributed by atoms with van der Waals surface area (Å²) >= 11 is 1.22. The summed E-state index contributed by atoms with van der Waals surface area (Å²) in [5, 5.41) is 20.6. The molecule has 2 aromatic carbocycles. The van der Waals surface area contributed by atoms with Gasteiger partial charge in [-0.25, -0.2) is 27.6 Å². The summed E-state index contributed by atoms with van der Waals surface area (Å²) in [4.78, 5) is 53.4. The van der Waals surface area contributed by atoms with Gasteiger partial charge in [-0.05, 0) is 37.3 Å². The molecule has 0 bridgehead atoms. The van der Waals surface area contributed by atoms with Gasteiger partial charge in [-0.15, -0.1) is 11.8 Å². The number of thioether (sulfide) groups is 1. The summed E-state index contributed by atoms with van der Waals surface area (Å²) in [5.74, 6) is -4.95. The zero-order valence-electron chi connectivity index (χ0n) is 30.2. The Kier molecular flexibility index (Phi) is 16.0. The van der Waals surface area contributed by atoms with Crippen LogP contribution in [0.15, 0.2) is 67.3 Å². The minimum atomic E-state index is -1.94. The van der Waals surface area contributed by atoms with Gasteiger partial charge < -0.3 is 33.7 Å². The molecule has 1 fully saturated rings. The zero-order chi connectivity index (χ0) is 40.7. The molecular weight excluding hydrogens is 763 g/mol. The molecule has 1 N–H and O–H groups in total. The highest BCUT2D eigenvalue weighted by atomic mass is 32.2. The minimum absolute atomic E-state index is 0.0522. The summed E-state index contributed by atoms with van der Waals surface area (Å²) in [5.41, 5.74) is -1.67. The minimum Gasteiger partial charge on any atom is -0.481 e. The number of hydrogen-bond acceptors (Lipinski definition) is 13. The van der Waals surface area contributed by atoms with Gasteiger partial charge in [0.2, 0.25) is 12.7 Å². The number of rotatable bonds is 18. The number of ether oxygens (including phenoxy) is 5. The van der Waals surface area contributed by atoms with E-state index in [0.29, 0.717) is 6.07 Å². The fraction of sp³-hybridized carbons (Fsp3) is 0.378. The van der Waals surface area contributed by atoms with Crippen LogP contribution in [-0.4, -0.2) is 99.2 Å². The van der Waals surface area contributed by atoms with Crippen LogP contribution < -0.4 is 0 Å². The number of carboxylic acid groups (broad SMARTS) is 1. The van der Waals surface area contributed by atoms with E-state index in [1.165, 1.54) is 54.4 Å². The highest BCUT2D eigenvalue weighted by Crippen LogP contribution is 2.42. The molecule has 2 unspecified atom stereocenters. The predicted molar refractivity (Wildman–Crippen MR) is 192 cm³/mol. The smallest absolute Gasteiger partial charge is 0.481 e. The van der Waals surface area contributed by atoms with E-state index < -0.39 is 71.8 Å². The van der Waals surface area contributed by atoms with Gasteiger partial charge in [0.15, 0.2) is 11.9 Å². The van der Waals surface area contributed by atoms with Gasteiger partial charge in [0.05, 0.1) is 49.5 Å². The second-order valence-electron chi connectivity index (χ2n) is 12.2. The first-order valence-corrected chi connectivity index (χ1v) is 17.9. The van der Waals surface area contributed by atoms with Crippen molar-refractivity contribution in [1.29, 1.82) is 5.26 Å². The average molecular weight is 802 g/mol. The number of benzene rings is 2. The number of carbonyl (C=O) groups is 4. The number of allylic oxidation sites excluding steroid dienone is 2. The molecule has 0 spiro atoms. The van der Waals surface area contributed by atoms with Crippen LogP contribution in [0.25, 0.3) is 6.08 Å². The highest BCUT2D eigenvalue weighted by molar-refractivity contribution is 8.00. The van der Waals surface area contributed by atoms with Gasteiger partial charge in [-0.2, -0.15) is 10.4 Å². The lowest BCUT2D eigenvalue weighted by Crippen LogP contribution is -2.47. The monoisotopic (exact) mass is 801 g/mol. The van der Waals surface area contributed by atoms with Gasteiger partial charge in [-0.3, -0.25) is 14.4 Å². The van der Waals surface area contributed by atoms with Crippen LogP contribution >= 0.6 is 11.8 Å². The third kappa shape index (κ3) is 12.7. The van der Waals surface area contributed by atoms with Crippen molar-refractivity contribution < 1.29 is 61.1 Å². The molecule has 1 amide bonds. The van der Waals surface area contributed by atoms with E-state index in [4.69, 9.17) is 34.1 Å². The molecule has 56 heavy (non-hydrogen) atoms. The van der Waals surface area contributed by atoms with Crippen molar-refractivity contribution in [3.63, 3.8) is 0 Å². The molecule has 3 aromatic rings. The van der Waals surface area contributed by atoms with Crippen LogP contribution in [0.4, 0.5) is 18.0 Å². The van der Waals surface area contributed by atoms with Gasteiger partial charge in [0.25, 0.3) is 0 Å². The molecule has 15 nitrogen and oxygen atoms in total. The molecule has 19 heteroatoms. The molecule has 298 valence electrons. The van der Waals surface area contributed by atoms with E-state index in [1.54, 1.807) is 25.2 Å². The predicted octanol–water partition coefficient (Wildman–Crippen LogP) is 4.96. The van der Waals surface area contributed by atoms with E-state index >= 15 is 4.39 Å². The Labute approximate surface area is 323 Å². The van der Waals surface area contributed by atoms with E-state index in [0.717, 1.165) is 23.1 Å². The van der Waals surface area contributed by atoms with Crippen LogP contribution in [0.3, 0.4) is 0 Å². The summed E-state index contributed by atoms with van der Waals surface area (Å²) in [6, 6.07) is 8.74. The van der Waals surface area contributed by atoms with Crippen LogP contribution in [0, 0.1) is 28.8 Å². The molecule has 2 heterocycles. The van der Waals surface area contributed by atoms with Crippen molar-refractivity contribution in [2.45, 2.75) is 55.1 Å². The van der Waals surface area contributed by atoms with Crippen molar-refractivity contribution in [2.75, 3.05) is 33.6 Å². The number of nitriles is 1. The third-order valence-electron chi connectivity index (χ3n) is 8.27. The van der Waals surface area contributed by atoms with E-state index in [1.807, 2.05) is 6.07 Å². The number of aromatic nitrogens is 3. The number of carbonyl (C=O) groups excluding carboxylic acids is 3. The van der Waals surface area contributed by atoms with Gasteiger partial charge in [-0.1, -0.05) is 24.3 Å². The van der Waals surface area contributed by atoms with E-state index in [2.05, 4.69) is 10.1 Å². The Morgan fingerprint density at radius 3 is 2.52 bits per heavy atom. The molecule has 1 aliphatic rings. The normalized spacial score (nSPS) is 17.1. The maximum Gasteiger partial charge on any atom is 0.512 e. The second-order valence-corrected chi connectivity index (χ2v) is 13.9. The van der Waals surface area contributed by atoms with E-state index in [9.17, 15) is 28.0 Å². The molecule has 2 atom stereocenters. The Hall–Kier alpha value is -5.71. The second kappa shape index (κ2) is 20.8. The Morgan fingerprint density at radius 2 is 1.86 bits per heavy atom. The topological polar surface area (TPSA) is 192 Å². The van der Waals surface area contributed by atoms with Crippen LogP contribution in [-0.2, 0) is 50.2 Å². The van der Waals surface area contributed by atoms with E-state index in [-0.39, 0.29) is 61.1 Å². The standard InChI is InChI=1S/C37H38F3N5O10S/c1-24(56-28-18-51-35(52-19-28)6-4-3-5-26-8-7-25(17-41)15-30(26)39)37(20-45-22-42-21-43-45,29-10-9-27(38)16-31(29)40)55-36(50)54-23-53-34(49)12-11-32(46)44(2)14-13-33(47)48/h3-10,15-16,21-22,24,28,35H,11-14,18-20,23H2,1-2H3,(H,47,48). The first-order chi connectivity index (χ1) is 26.8. The Morgan fingerprint density at radius 1 is 1.09 bits per heavy atom. The molecule has 0 saturated carbocycles. The number of amides is 1. The lowest BCUT2D eigenvalue weighted by atomic mass is 9.89. The molecule has 1 aliphatic heterocycles. The lowest BCUT2D eigenvalue weighted by molar-refractivity contribution is -0.157. The summed E-state index contributed by atoms with van der Waals surface area (Å²) in [6.07, 6.45) is 5.75. The van der Waals surface area contributed by atoms with Gasteiger partial charge >= 0.3 is 18.1 Å². The van der Waals surface area contributed by atoms with Crippen LogP contribution in [0.1, 0.15) is 42.9 Å². The van der Waals surface area contributed by atoms with Crippen molar-refractivity contribution in [3.05, 3.63) is 101 Å². The number of halogens is 3. The number of hydrogen-bond donors (Lipinski definition) is 1. The molecular formula is C37H38F3N5O10S. The third-order valence-corrected chi connectivity index (χ3v) is 9.72. The maximum atomic E-state index is 15.6. The molecule has 1 saturated heterocycles.